The number of rotatable bonds is 2. The smallest absolute Gasteiger partial charge is 0.139 e. The van der Waals surface area contributed by atoms with Gasteiger partial charge in [0.05, 0.1) is 6.54 Å². The van der Waals surface area contributed by atoms with E-state index in [9.17, 15) is 4.79 Å². The van der Waals surface area contributed by atoms with Crippen molar-refractivity contribution >= 4 is 12.1 Å². The summed E-state index contributed by atoms with van der Waals surface area (Å²) in [5.41, 5.74) is 1.25. The lowest BCUT2D eigenvalue weighted by Crippen LogP contribution is -2.23. The van der Waals surface area contributed by atoms with Crippen LogP contribution in [0, 0.1) is 0 Å². The number of pyridine rings is 1. The molecule has 0 N–H and O–H groups in total. The zero-order valence-electron chi connectivity index (χ0n) is 6.73. The first-order chi connectivity index (χ1) is 5.92. The molecule has 0 aromatic carbocycles. The van der Waals surface area contributed by atoms with E-state index in [4.69, 9.17) is 0 Å². The van der Waals surface area contributed by atoms with E-state index in [-0.39, 0.29) is 0 Å². The monoisotopic (exact) mass is 162 g/mol. The average molecular weight is 162 g/mol. The molecule has 0 radical (unpaired) electrons. The van der Waals surface area contributed by atoms with Crippen LogP contribution in [0.25, 0.3) is 0 Å². The molecule has 3 heteroatoms. The maximum absolute atomic E-state index is 10.3. The SMILES string of the molecule is O=CCN1CCc2cccnc21. The molecular weight excluding hydrogens is 152 g/mol. The maximum atomic E-state index is 10.3. The first kappa shape index (κ1) is 7.28. The van der Waals surface area contributed by atoms with Crippen molar-refractivity contribution in [3.63, 3.8) is 0 Å². The van der Waals surface area contributed by atoms with Crippen LogP contribution >= 0.6 is 0 Å². The summed E-state index contributed by atoms with van der Waals surface area (Å²) < 4.78 is 0. The highest BCUT2D eigenvalue weighted by atomic mass is 16.1. The lowest BCUT2D eigenvalue weighted by atomic mass is 10.2. The summed E-state index contributed by atoms with van der Waals surface area (Å²) in [5.74, 6) is 0.976. The Morgan fingerprint density at radius 1 is 1.67 bits per heavy atom. The summed E-state index contributed by atoms with van der Waals surface area (Å²) in [6.07, 6.45) is 3.70. The van der Waals surface area contributed by atoms with E-state index in [0.29, 0.717) is 6.54 Å². The number of hydrogen-bond acceptors (Lipinski definition) is 3. The van der Waals surface area contributed by atoms with Crippen LogP contribution in [0.4, 0.5) is 5.82 Å². The van der Waals surface area contributed by atoms with E-state index in [2.05, 4.69) is 11.1 Å². The molecule has 1 aliphatic heterocycles. The van der Waals surface area contributed by atoms with Crippen molar-refractivity contribution in [3.05, 3.63) is 23.9 Å². The normalized spacial score (nSPS) is 14.5. The second kappa shape index (κ2) is 2.93. The molecule has 0 spiro atoms. The molecule has 62 valence electrons. The summed E-state index contributed by atoms with van der Waals surface area (Å²) in [4.78, 5) is 16.5. The fourth-order valence-electron chi connectivity index (χ4n) is 1.54. The molecule has 0 saturated carbocycles. The minimum absolute atomic E-state index is 0.462. The van der Waals surface area contributed by atoms with Crippen LogP contribution in [0.2, 0.25) is 0 Å². The number of aromatic nitrogens is 1. The minimum Gasteiger partial charge on any atom is -0.349 e. The van der Waals surface area contributed by atoms with Crippen molar-refractivity contribution in [1.29, 1.82) is 0 Å². The zero-order valence-corrected chi connectivity index (χ0v) is 6.73. The Kier molecular flexibility index (Phi) is 1.78. The Labute approximate surface area is 71.0 Å². The molecule has 2 rings (SSSR count). The van der Waals surface area contributed by atoms with E-state index in [1.807, 2.05) is 11.0 Å². The van der Waals surface area contributed by atoms with Gasteiger partial charge in [0.25, 0.3) is 0 Å². The molecular formula is C9H10N2O. The third-order valence-electron chi connectivity index (χ3n) is 2.11. The van der Waals surface area contributed by atoms with E-state index in [1.165, 1.54) is 5.56 Å². The number of hydrogen-bond donors (Lipinski definition) is 0. The van der Waals surface area contributed by atoms with Gasteiger partial charge in [-0.2, -0.15) is 0 Å². The number of carbonyl (C=O) groups excluding carboxylic acids is 1. The van der Waals surface area contributed by atoms with Crippen molar-refractivity contribution < 1.29 is 4.79 Å². The molecule has 1 aliphatic rings. The molecule has 3 nitrogen and oxygen atoms in total. The van der Waals surface area contributed by atoms with Crippen LogP contribution < -0.4 is 4.90 Å². The van der Waals surface area contributed by atoms with Crippen LogP contribution in [-0.4, -0.2) is 24.4 Å². The molecule has 0 fully saturated rings. The van der Waals surface area contributed by atoms with Gasteiger partial charge in [0.15, 0.2) is 0 Å². The second-order valence-electron chi connectivity index (χ2n) is 2.85. The molecule has 2 heterocycles. The number of aldehydes is 1. The van der Waals surface area contributed by atoms with Crippen LogP contribution in [0.15, 0.2) is 18.3 Å². The fourth-order valence-corrected chi connectivity index (χ4v) is 1.54. The van der Waals surface area contributed by atoms with Gasteiger partial charge in [0.1, 0.15) is 12.1 Å². The molecule has 12 heavy (non-hydrogen) atoms. The van der Waals surface area contributed by atoms with Crippen molar-refractivity contribution in [2.24, 2.45) is 0 Å². The number of nitrogens with zero attached hydrogens (tertiary/aromatic N) is 2. The number of anilines is 1. The molecule has 0 unspecified atom stereocenters. The van der Waals surface area contributed by atoms with Gasteiger partial charge in [0, 0.05) is 12.7 Å². The molecule has 0 aliphatic carbocycles. The van der Waals surface area contributed by atoms with E-state index in [0.717, 1.165) is 25.1 Å². The molecule has 0 amide bonds. The van der Waals surface area contributed by atoms with Crippen LogP contribution in [-0.2, 0) is 11.2 Å². The standard InChI is InChI=1S/C9H10N2O/c12-7-6-11-5-3-8-2-1-4-10-9(8)11/h1-2,4,7H,3,5-6H2. The highest BCUT2D eigenvalue weighted by Crippen LogP contribution is 2.23. The first-order valence-electron chi connectivity index (χ1n) is 4.04. The third-order valence-corrected chi connectivity index (χ3v) is 2.11. The molecule has 1 aromatic rings. The van der Waals surface area contributed by atoms with Crippen LogP contribution in [0.3, 0.4) is 0 Å². The lowest BCUT2D eigenvalue weighted by Gasteiger charge is -2.13. The van der Waals surface area contributed by atoms with E-state index in [1.54, 1.807) is 6.20 Å². The van der Waals surface area contributed by atoms with Gasteiger partial charge >= 0.3 is 0 Å². The van der Waals surface area contributed by atoms with Gasteiger partial charge in [-0.3, -0.25) is 0 Å². The molecule has 1 aromatic heterocycles. The van der Waals surface area contributed by atoms with Crippen LogP contribution in [0.1, 0.15) is 5.56 Å². The second-order valence-corrected chi connectivity index (χ2v) is 2.85. The summed E-state index contributed by atoms with van der Waals surface area (Å²) >= 11 is 0. The highest BCUT2D eigenvalue weighted by molar-refractivity contribution is 5.63. The minimum atomic E-state index is 0.462. The summed E-state index contributed by atoms with van der Waals surface area (Å²) in [7, 11) is 0. The summed E-state index contributed by atoms with van der Waals surface area (Å²) in [6, 6.07) is 4.00. The Bertz CT molecular complexity index is 298. The van der Waals surface area contributed by atoms with Gasteiger partial charge < -0.3 is 9.69 Å². The van der Waals surface area contributed by atoms with Crippen LogP contribution in [0.5, 0.6) is 0 Å². The fraction of sp³-hybridized carbons (Fsp3) is 0.333. The number of carbonyl (C=O) groups is 1. The van der Waals surface area contributed by atoms with Gasteiger partial charge in [-0.1, -0.05) is 6.07 Å². The summed E-state index contributed by atoms with van der Waals surface area (Å²) in [6.45, 7) is 1.38. The highest BCUT2D eigenvalue weighted by Gasteiger charge is 2.18. The molecule has 0 saturated heterocycles. The summed E-state index contributed by atoms with van der Waals surface area (Å²) in [5, 5.41) is 0. The Morgan fingerprint density at radius 3 is 3.42 bits per heavy atom. The quantitative estimate of drug-likeness (QED) is 0.598. The van der Waals surface area contributed by atoms with Gasteiger partial charge in [-0.05, 0) is 18.1 Å². The Balaban J connectivity index is 2.29. The predicted octanol–water partition coefficient (Wildman–Crippen LogP) is 0.643. The molecule has 0 atom stereocenters. The zero-order chi connectivity index (χ0) is 8.39. The van der Waals surface area contributed by atoms with Crippen molar-refractivity contribution in [1.82, 2.24) is 4.98 Å². The largest absolute Gasteiger partial charge is 0.349 e. The van der Waals surface area contributed by atoms with Gasteiger partial charge in [-0.15, -0.1) is 0 Å². The average Bonchev–Trinajstić information content (AvgIpc) is 2.50. The topological polar surface area (TPSA) is 33.2 Å². The van der Waals surface area contributed by atoms with Crippen molar-refractivity contribution in [2.75, 3.05) is 18.0 Å². The maximum Gasteiger partial charge on any atom is 0.139 e. The van der Waals surface area contributed by atoms with Crippen molar-refractivity contribution in [3.8, 4) is 0 Å². The van der Waals surface area contributed by atoms with Gasteiger partial charge in [-0.25, -0.2) is 4.98 Å². The predicted molar refractivity (Wildman–Crippen MR) is 46.2 cm³/mol. The van der Waals surface area contributed by atoms with Gasteiger partial charge in [0.2, 0.25) is 0 Å². The van der Waals surface area contributed by atoms with Crippen molar-refractivity contribution in [2.45, 2.75) is 6.42 Å². The Hall–Kier alpha value is -1.38. The van der Waals surface area contributed by atoms with E-state index < -0.39 is 0 Å². The number of fused-ring (bicyclic) bond motifs is 1. The Morgan fingerprint density at radius 2 is 2.58 bits per heavy atom. The third kappa shape index (κ3) is 1.07. The lowest BCUT2D eigenvalue weighted by molar-refractivity contribution is -0.106. The van der Waals surface area contributed by atoms with E-state index >= 15 is 0 Å². The first-order valence-corrected chi connectivity index (χ1v) is 4.04. The molecule has 0 bridgehead atoms.